The van der Waals surface area contributed by atoms with Gasteiger partial charge in [-0.2, -0.15) is 0 Å². The fraction of sp³-hybridized carbons (Fsp3) is 0.357. The summed E-state index contributed by atoms with van der Waals surface area (Å²) >= 11 is 0. The minimum Gasteiger partial charge on any atom is -0.475 e. The van der Waals surface area contributed by atoms with Crippen molar-refractivity contribution in [3.05, 3.63) is 48.3 Å². The van der Waals surface area contributed by atoms with E-state index in [0.29, 0.717) is 5.76 Å². The average Bonchev–Trinajstić information content (AvgIpc) is 2.58. The molecule has 0 bridgehead atoms. The average molecular weight is 234 g/mol. The number of ketones is 1. The molecule has 0 aromatic rings. The van der Waals surface area contributed by atoms with E-state index in [1.807, 2.05) is 25.2 Å². The Morgan fingerprint density at radius 1 is 1.41 bits per heavy atom. The molecule has 0 aromatic carbocycles. The normalized spacial score (nSPS) is 25.1. The molecule has 1 aliphatic rings. The van der Waals surface area contributed by atoms with Crippen LogP contribution in [0.15, 0.2) is 48.3 Å². The molecule has 0 fully saturated rings. The summed E-state index contributed by atoms with van der Waals surface area (Å²) in [6.07, 6.45) is 13.0. The Labute approximate surface area is 102 Å². The Kier molecular flexibility index (Phi) is 4.91. The van der Waals surface area contributed by atoms with Gasteiger partial charge in [0.2, 0.25) is 5.78 Å². The monoisotopic (exact) mass is 234 g/mol. The Bertz CT molecular complexity index is 388. The van der Waals surface area contributed by atoms with Crippen LogP contribution in [0.4, 0.5) is 0 Å². The maximum Gasteiger partial charge on any atom is 0.206 e. The first-order valence-electron chi connectivity index (χ1n) is 5.69. The van der Waals surface area contributed by atoms with Gasteiger partial charge in [0.15, 0.2) is 5.60 Å². The van der Waals surface area contributed by atoms with Crippen molar-refractivity contribution >= 4 is 5.78 Å². The first kappa shape index (κ1) is 13.5. The van der Waals surface area contributed by atoms with Crippen molar-refractivity contribution in [2.75, 3.05) is 6.61 Å². The number of carbonyl (C=O) groups excluding carboxylic acids is 1. The third-order valence-corrected chi connectivity index (χ3v) is 2.38. The summed E-state index contributed by atoms with van der Waals surface area (Å²) in [5, 5.41) is 8.65. The lowest BCUT2D eigenvalue weighted by Gasteiger charge is -2.18. The van der Waals surface area contributed by atoms with E-state index in [2.05, 4.69) is 0 Å². The van der Waals surface area contributed by atoms with Gasteiger partial charge in [-0.05, 0) is 25.5 Å². The Hall–Kier alpha value is -1.61. The molecule has 1 atom stereocenters. The van der Waals surface area contributed by atoms with Crippen LogP contribution in [0.3, 0.4) is 0 Å². The molecule has 1 aliphatic heterocycles. The summed E-state index contributed by atoms with van der Waals surface area (Å²) in [6, 6.07) is 0. The van der Waals surface area contributed by atoms with Crippen molar-refractivity contribution in [3.8, 4) is 0 Å². The fourth-order valence-corrected chi connectivity index (χ4v) is 1.42. The van der Waals surface area contributed by atoms with Crippen LogP contribution in [0, 0.1) is 0 Å². The molecule has 0 aromatic heterocycles. The highest BCUT2D eigenvalue weighted by atomic mass is 16.5. The lowest BCUT2D eigenvalue weighted by Crippen LogP contribution is -2.29. The molecule has 1 heterocycles. The van der Waals surface area contributed by atoms with Gasteiger partial charge in [-0.1, -0.05) is 31.2 Å². The highest BCUT2D eigenvalue weighted by Crippen LogP contribution is 2.26. The van der Waals surface area contributed by atoms with E-state index in [4.69, 9.17) is 9.84 Å². The number of carbonyl (C=O) groups is 1. The van der Waals surface area contributed by atoms with Crippen LogP contribution in [-0.4, -0.2) is 23.1 Å². The quantitative estimate of drug-likeness (QED) is 0.742. The van der Waals surface area contributed by atoms with Crippen molar-refractivity contribution < 1.29 is 14.6 Å². The molecule has 3 heteroatoms. The van der Waals surface area contributed by atoms with Gasteiger partial charge in [-0.25, -0.2) is 0 Å². The van der Waals surface area contributed by atoms with Gasteiger partial charge in [-0.3, -0.25) is 4.79 Å². The van der Waals surface area contributed by atoms with Crippen LogP contribution in [0.25, 0.3) is 0 Å². The predicted molar refractivity (Wildman–Crippen MR) is 67.4 cm³/mol. The summed E-state index contributed by atoms with van der Waals surface area (Å²) in [6.45, 7) is 3.70. The van der Waals surface area contributed by atoms with E-state index in [0.717, 1.165) is 6.42 Å². The summed E-state index contributed by atoms with van der Waals surface area (Å²) in [7, 11) is 0. The van der Waals surface area contributed by atoms with Gasteiger partial charge < -0.3 is 9.84 Å². The fourth-order valence-electron chi connectivity index (χ4n) is 1.42. The molecule has 92 valence electrons. The summed E-state index contributed by atoms with van der Waals surface area (Å²) < 4.78 is 5.54. The van der Waals surface area contributed by atoms with Gasteiger partial charge in [0.25, 0.3) is 0 Å². The molecule has 0 saturated carbocycles. The second-order valence-electron chi connectivity index (χ2n) is 3.90. The maximum atomic E-state index is 11.8. The molecular weight excluding hydrogens is 216 g/mol. The van der Waals surface area contributed by atoms with Gasteiger partial charge in [0.1, 0.15) is 5.76 Å². The summed E-state index contributed by atoms with van der Waals surface area (Å²) in [4.78, 5) is 11.8. The van der Waals surface area contributed by atoms with Crippen LogP contribution in [0.1, 0.15) is 20.3 Å². The van der Waals surface area contributed by atoms with Crippen molar-refractivity contribution in [3.63, 3.8) is 0 Å². The number of allylic oxidation sites excluding steroid dienone is 4. The molecule has 0 amide bonds. The van der Waals surface area contributed by atoms with E-state index >= 15 is 0 Å². The number of ether oxygens (including phenoxy) is 1. The van der Waals surface area contributed by atoms with E-state index < -0.39 is 5.60 Å². The van der Waals surface area contributed by atoms with Crippen LogP contribution >= 0.6 is 0 Å². The highest BCUT2D eigenvalue weighted by molar-refractivity contribution is 6.01. The number of hydrogen-bond acceptors (Lipinski definition) is 3. The van der Waals surface area contributed by atoms with Crippen LogP contribution in [0.5, 0.6) is 0 Å². The van der Waals surface area contributed by atoms with Crippen molar-refractivity contribution in [2.45, 2.75) is 25.9 Å². The van der Waals surface area contributed by atoms with E-state index in [-0.39, 0.29) is 12.4 Å². The first-order valence-corrected chi connectivity index (χ1v) is 5.69. The third kappa shape index (κ3) is 3.71. The van der Waals surface area contributed by atoms with Crippen LogP contribution in [-0.2, 0) is 9.53 Å². The third-order valence-electron chi connectivity index (χ3n) is 2.38. The van der Waals surface area contributed by atoms with Crippen LogP contribution < -0.4 is 0 Å². The molecule has 3 nitrogen and oxygen atoms in total. The zero-order valence-corrected chi connectivity index (χ0v) is 10.2. The number of aliphatic hydroxyl groups is 1. The largest absolute Gasteiger partial charge is 0.475 e. The maximum absolute atomic E-state index is 11.8. The van der Waals surface area contributed by atoms with E-state index in [1.54, 1.807) is 19.1 Å². The molecular formula is C14H18O3. The Balaban J connectivity index is 2.69. The SMILES string of the molecule is CC/C=C/C=C/C1(C)OC(/C=C/CO)=CC1=O. The molecule has 0 radical (unpaired) electrons. The van der Waals surface area contributed by atoms with E-state index in [1.165, 1.54) is 12.2 Å². The Morgan fingerprint density at radius 3 is 2.82 bits per heavy atom. The summed E-state index contributed by atoms with van der Waals surface area (Å²) in [5.74, 6) is 0.395. The highest BCUT2D eigenvalue weighted by Gasteiger charge is 2.36. The van der Waals surface area contributed by atoms with Gasteiger partial charge in [-0.15, -0.1) is 0 Å². The lowest BCUT2D eigenvalue weighted by atomic mass is 10.0. The number of hydrogen-bond donors (Lipinski definition) is 1. The molecule has 0 saturated heterocycles. The zero-order chi connectivity index (χ0) is 12.7. The molecule has 1 N–H and O–H groups in total. The molecule has 0 spiro atoms. The number of rotatable bonds is 5. The standard InChI is InChI=1S/C14H18O3/c1-3-4-5-6-9-14(2)13(16)11-12(17-14)8-7-10-15/h4-9,11,15H,3,10H2,1-2H3/b5-4+,8-7+,9-6+. The molecule has 17 heavy (non-hydrogen) atoms. The van der Waals surface area contributed by atoms with E-state index in [9.17, 15) is 4.79 Å². The second kappa shape index (κ2) is 6.21. The van der Waals surface area contributed by atoms with Crippen molar-refractivity contribution in [1.29, 1.82) is 0 Å². The van der Waals surface area contributed by atoms with Gasteiger partial charge in [0, 0.05) is 6.08 Å². The van der Waals surface area contributed by atoms with Crippen LogP contribution in [0.2, 0.25) is 0 Å². The zero-order valence-electron chi connectivity index (χ0n) is 10.2. The predicted octanol–water partition coefficient (Wildman–Crippen LogP) is 2.30. The van der Waals surface area contributed by atoms with Gasteiger partial charge >= 0.3 is 0 Å². The minimum atomic E-state index is -0.923. The van der Waals surface area contributed by atoms with Crippen molar-refractivity contribution in [1.82, 2.24) is 0 Å². The molecule has 1 rings (SSSR count). The lowest BCUT2D eigenvalue weighted by molar-refractivity contribution is -0.124. The van der Waals surface area contributed by atoms with Gasteiger partial charge in [0.05, 0.1) is 6.61 Å². The molecule has 0 aliphatic carbocycles. The van der Waals surface area contributed by atoms with Crippen molar-refractivity contribution in [2.24, 2.45) is 0 Å². The number of aliphatic hydroxyl groups excluding tert-OH is 1. The topological polar surface area (TPSA) is 46.5 Å². The summed E-state index contributed by atoms with van der Waals surface area (Å²) in [5.41, 5.74) is -0.923. The first-order chi connectivity index (χ1) is 8.12. The molecule has 1 unspecified atom stereocenters. The Morgan fingerprint density at radius 2 is 2.18 bits per heavy atom. The smallest absolute Gasteiger partial charge is 0.206 e. The minimum absolute atomic E-state index is 0.0688. The second-order valence-corrected chi connectivity index (χ2v) is 3.90.